The van der Waals surface area contributed by atoms with Gasteiger partial charge in [0.1, 0.15) is 0 Å². The number of nitrogens with zero attached hydrogens (tertiary/aromatic N) is 2. The predicted molar refractivity (Wildman–Crippen MR) is 174 cm³/mol. The van der Waals surface area contributed by atoms with Crippen LogP contribution in [0.15, 0.2) is 0 Å². The molecular formula is C35H70N2O5. The number of aliphatic hydroxyl groups is 3. The summed E-state index contributed by atoms with van der Waals surface area (Å²) in [5.74, 6) is -0.472. The Morgan fingerprint density at radius 1 is 0.595 bits per heavy atom. The second-order valence-corrected chi connectivity index (χ2v) is 16.2. The lowest BCUT2D eigenvalue weighted by atomic mass is 9.76. The van der Waals surface area contributed by atoms with Crippen molar-refractivity contribution < 1.29 is 24.8 Å². The molecule has 0 aromatic carbocycles. The van der Waals surface area contributed by atoms with Gasteiger partial charge in [-0.3, -0.25) is 9.80 Å². The summed E-state index contributed by atoms with van der Waals surface area (Å²) in [4.78, 5) is 4.74. The molecule has 4 atom stereocenters. The van der Waals surface area contributed by atoms with E-state index in [1.807, 2.05) is 6.92 Å². The first-order valence-electron chi connectivity index (χ1n) is 17.2. The Hall–Kier alpha value is -0.280. The number of rotatable bonds is 17. The molecule has 4 unspecified atom stereocenters. The van der Waals surface area contributed by atoms with Gasteiger partial charge in [0.05, 0.1) is 30.5 Å². The second kappa shape index (κ2) is 15.8. The van der Waals surface area contributed by atoms with Crippen LogP contribution in [-0.4, -0.2) is 104 Å². The highest BCUT2D eigenvalue weighted by Crippen LogP contribution is 2.42. The number of ether oxygens (including phenoxy) is 2. The monoisotopic (exact) mass is 599 g/mol. The highest BCUT2D eigenvalue weighted by Gasteiger charge is 2.49. The molecule has 0 aromatic heterocycles. The Bertz CT molecular complexity index is 685. The first-order valence-corrected chi connectivity index (χ1v) is 17.2. The molecule has 42 heavy (non-hydrogen) atoms. The number of likely N-dealkylation sites (tertiary alicyclic amines) is 2. The van der Waals surface area contributed by atoms with Gasteiger partial charge in [0, 0.05) is 54.4 Å². The highest BCUT2D eigenvalue weighted by atomic mass is 16.5. The lowest BCUT2D eigenvalue weighted by molar-refractivity contribution is -0.143. The van der Waals surface area contributed by atoms with E-state index in [2.05, 4.69) is 79.0 Å². The van der Waals surface area contributed by atoms with E-state index >= 15 is 0 Å². The van der Waals surface area contributed by atoms with Crippen molar-refractivity contribution in [2.24, 2.45) is 5.92 Å². The number of hydrogen-bond acceptors (Lipinski definition) is 7. The van der Waals surface area contributed by atoms with Crippen molar-refractivity contribution in [1.82, 2.24) is 9.80 Å². The number of β-amino-alcohol motifs (C(OH)–C–C–N with tert-alkyl or cyclic N) is 2. The Kier molecular flexibility index (Phi) is 14.3. The van der Waals surface area contributed by atoms with Crippen LogP contribution in [0.5, 0.6) is 0 Å². The fraction of sp³-hybridized carbons (Fsp3) is 1.00. The normalized spacial score (nSPS) is 26.1. The fourth-order valence-corrected chi connectivity index (χ4v) is 8.11. The van der Waals surface area contributed by atoms with Gasteiger partial charge in [-0.15, -0.1) is 0 Å². The zero-order valence-corrected chi connectivity index (χ0v) is 29.4. The first kappa shape index (κ1) is 37.9. The molecule has 0 aromatic rings. The highest BCUT2D eigenvalue weighted by molar-refractivity contribution is 5.04. The molecule has 0 aliphatic carbocycles. The Morgan fingerprint density at radius 2 is 0.929 bits per heavy atom. The van der Waals surface area contributed by atoms with Crippen molar-refractivity contribution in [3.63, 3.8) is 0 Å². The van der Waals surface area contributed by atoms with Gasteiger partial charge in [-0.05, 0) is 93.9 Å². The quantitative estimate of drug-likeness (QED) is 0.173. The average molecular weight is 599 g/mol. The minimum Gasteiger partial charge on any atom is -0.391 e. The molecule has 0 amide bonds. The maximum atomic E-state index is 11.4. The van der Waals surface area contributed by atoms with Crippen molar-refractivity contribution in [3.05, 3.63) is 0 Å². The number of piperidine rings is 2. The molecule has 0 spiro atoms. The van der Waals surface area contributed by atoms with Crippen LogP contribution in [-0.2, 0) is 9.47 Å². The van der Waals surface area contributed by atoms with Crippen LogP contribution >= 0.6 is 0 Å². The van der Waals surface area contributed by atoms with Crippen LogP contribution in [0.25, 0.3) is 0 Å². The van der Waals surface area contributed by atoms with Crippen molar-refractivity contribution in [3.8, 4) is 0 Å². The molecule has 7 heteroatoms. The maximum absolute atomic E-state index is 11.4. The zero-order chi connectivity index (χ0) is 31.9. The summed E-state index contributed by atoms with van der Waals surface area (Å²) >= 11 is 0. The van der Waals surface area contributed by atoms with E-state index < -0.39 is 24.2 Å². The number of hydrogen-bond donors (Lipinski definition) is 3. The molecule has 7 nitrogen and oxygen atoms in total. The SMILES string of the molecule is CCCCCOC1CC(C)(C)N(CC(O)C(C)C(O)C(O)CN2C(C)(C)CC(OCCCCC)CC2(C)C)C(C)(C)C1. The summed E-state index contributed by atoms with van der Waals surface area (Å²) in [6, 6.07) is 0. The summed E-state index contributed by atoms with van der Waals surface area (Å²) in [5.41, 5.74) is -0.676. The molecule has 2 fully saturated rings. The fourth-order valence-electron chi connectivity index (χ4n) is 8.11. The molecule has 3 N–H and O–H groups in total. The van der Waals surface area contributed by atoms with E-state index in [1.165, 1.54) is 25.7 Å². The molecule has 2 saturated heterocycles. The summed E-state index contributed by atoms with van der Waals surface area (Å²) in [5, 5.41) is 34.1. The molecule has 250 valence electrons. The smallest absolute Gasteiger partial charge is 0.0929 e. The van der Waals surface area contributed by atoms with Crippen LogP contribution in [0.2, 0.25) is 0 Å². The predicted octanol–water partition coefficient (Wildman–Crippen LogP) is 6.16. The minimum absolute atomic E-state index is 0.154. The second-order valence-electron chi connectivity index (χ2n) is 16.2. The van der Waals surface area contributed by atoms with Crippen molar-refractivity contribution in [1.29, 1.82) is 0 Å². The maximum Gasteiger partial charge on any atom is 0.0929 e. The summed E-state index contributed by atoms with van der Waals surface area (Å²) < 4.78 is 12.6. The molecule has 0 saturated carbocycles. The van der Waals surface area contributed by atoms with Crippen LogP contribution in [0.4, 0.5) is 0 Å². The zero-order valence-electron chi connectivity index (χ0n) is 29.4. The van der Waals surface area contributed by atoms with Crippen LogP contribution in [0, 0.1) is 5.92 Å². The third-order valence-electron chi connectivity index (χ3n) is 10.3. The minimum atomic E-state index is -1.03. The van der Waals surface area contributed by atoms with E-state index in [-0.39, 0.29) is 34.4 Å². The lowest BCUT2D eigenvalue weighted by Gasteiger charge is -2.56. The third-order valence-corrected chi connectivity index (χ3v) is 10.3. The summed E-state index contributed by atoms with van der Waals surface area (Å²) in [6.45, 7) is 26.5. The van der Waals surface area contributed by atoms with E-state index in [0.29, 0.717) is 13.1 Å². The third kappa shape index (κ3) is 10.4. The number of unbranched alkanes of at least 4 members (excludes halogenated alkanes) is 4. The molecule has 2 aliphatic heterocycles. The topological polar surface area (TPSA) is 85.6 Å². The van der Waals surface area contributed by atoms with Crippen LogP contribution in [0.3, 0.4) is 0 Å². The van der Waals surface area contributed by atoms with E-state index in [1.54, 1.807) is 0 Å². The largest absolute Gasteiger partial charge is 0.391 e. The van der Waals surface area contributed by atoms with E-state index in [0.717, 1.165) is 51.7 Å². The van der Waals surface area contributed by atoms with Gasteiger partial charge in [-0.2, -0.15) is 0 Å². The van der Waals surface area contributed by atoms with Crippen molar-refractivity contribution >= 4 is 0 Å². The van der Waals surface area contributed by atoms with E-state index in [9.17, 15) is 15.3 Å². The first-order chi connectivity index (χ1) is 19.4. The Labute approximate surface area is 259 Å². The molecule has 2 aliphatic rings. The van der Waals surface area contributed by atoms with Gasteiger partial charge in [-0.25, -0.2) is 0 Å². The van der Waals surface area contributed by atoms with Gasteiger partial charge >= 0.3 is 0 Å². The Balaban J connectivity index is 2.00. The van der Waals surface area contributed by atoms with Crippen LogP contribution < -0.4 is 0 Å². The molecule has 2 rings (SSSR count). The van der Waals surface area contributed by atoms with Crippen LogP contribution in [0.1, 0.15) is 140 Å². The number of aliphatic hydroxyl groups excluding tert-OH is 3. The van der Waals surface area contributed by atoms with Gasteiger partial charge in [0.25, 0.3) is 0 Å². The molecule has 0 radical (unpaired) electrons. The van der Waals surface area contributed by atoms with Crippen molar-refractivity contribution in [2.45, 2.75) is 193 Å². The van der Waals surface area contributed by atoms with Gasteiger partial charge in [-0.1, -0.05) is 46.5 Å². The van der Waals surface area contributed by atoms with E-state index in [4.69, 9.17) is 9.47 Å². The van der Waals surface area contributed by atoms with Gasteiger partial charge in [0.15, 0.2) is 0 Å². The van der Waals surface area contributed by atoms with Crippen molar-refractivity contribution in [2.75, 3.05) is 26.3 Å². The molecular weight excluding hydrogens is 528 g/mol. The molecule has 0 bridgehead atoms. The summed E-state index contributed by atoms with van der Waals surface area (Å²) in [6.07, 6.45) is 8.25. The van der Waals surface area contributed by atoms with Gasteiger partial charge in [0.2, 0.25) is 0 Å². The lowest BCUT2D eigenvalue weighted by Crippen LogP contribution is -2.65. The summed E-state index contributed by atoms with van der Waals surface area (Å²) in [7, 11) is 0. The Morgan fingerprint density at radius 3 is 1.26 bits per heavy atom. The molecule has 2 heterocycles. The average Bonchev–Trinajstić information content (AvgIpc) is 2.86. The van der Waals surface area contributed by atoms with Gasteiger partial charge < -0.3 is 24.8 Å². The standard InChI is InChI=1S/C35H70N2O5/c1-12-14-16-18-41-27-20-32(4,5)36(33(6,7)21-27)24-29(38)26(3)31(40)30(39)25-37-34(8,9)22-28(23-35(37,10)11)42-19-17-15-13-2/h26-31,38-40H,12-25H2,1-11H3.